The van der Waals surface area contributed by atoms with E-state index in [1.807, 2.05) is 0 Å². The van der Waals surface area contributed by atoms with E-state index in [0.29, 0.717) is 6.04 Å². The van der Waals surface area contributed by atoms with E-state index < -0.39 is 0 Å². The van der Waals surface area contributed by atoms with Crippen LogP contribution in [0.5, 0.6) is 0 Å². The number of furan rings is 1. The molecule has 0 amide bonds. The van der Waals surface area contributed by atoms with E-state index in [0.717, 1.165) is 30.5 Å². The van der Waals surface area contributed by atoms with Crippen LogP contribution in [0.1, 0.15) is 57.1 Å². The van der Waals surface area contributed by atoms with Crippen LogP contribution in [0, 0.1) is 12.8 Å². The summed E-state index contributed by atoms with van der Waals surface area (Å²) in [4.78, 5) is 2.54. The molecule has 2 heterocycles. The first kappa shape index (κ1) is 15.6. The van der Waals surface area contributed by atoms with Gasteiger partial charge in [0.15, 0.2) is 0 Å². The Labute approximate surface area is 123 Å². The molecule has 0 radical (unpaired) electrons. The van der Waals surface area contributed by atoms with Crippen LogP contribution >= 0.6 is 0 Å². The van der Waals surface area contributed by atoms with Gasteiger partial charge in [0.2, 0.25) is 0 Å². The maximum Gasteiger partial charge on any atom is 0.118 e. The molecule has 114 valence electrons. The molecule has 3 nitrogen and oxygen atoms in total. The molecule has 0 spiro atoms. The Hall–Kier alpha value is -0.800. The van der Waals surface area contributed by atoms with E-state index in [9.17, 15) is 0 Å². The summed E-state index contributed by atoms with van der Waals surface area (Å²) in [6.45, 7) is 13.1. The van der Waals surface area contributed by atoms with Crippen molar-refractivity contribution in [1.82, 2.24) is 10.2 Å². The standard InChI is InChI=1S/C17H30N2O/c1-13(2)18-11-16-10-17(20-15(16)4)12-19-8-5-6-14(3)7-9-19/h10,13-14,18H,5-9,11-12H2,1-4H3. The van der Waals surface area contributed by atoms with Crippen LogP contribution in [0.15, 0.2) is 10.5 Å². The first-order chi connectivity index (χ1) is 9.54. The van der Waals surface area contributed by atoms with Crippen molar-refractivity contribution in [2.75, 3.05) is 13.1 Å². The fraction of sp³-hybridized carbons (Fsp3) is 0.765. The molecule has 0 saturated carbocycles. The van der Waals surface area contributed by atoms with Crippen LogP contribution in [-0.4, -0.2) is 24.0 Å². The lowest BCUT2D eigenvalue weighted by molar-refractivity contribution is 0.249. The Kier molecular flexibility index (Phi) is 5.67. The van der Waals surface area contributed by atoms with Gasteiger partial charge in [0.1, 0.15) is 11.5 Å². The molecule has 1 unspecified atom stereocenters. The van der Waals surface area contributed by atoms with Crippen molar-refractivity contribution in [3.8, 4) is 0 Å². The summed E-state index contributed by atoms with van der Waals surface area (Å²) in [5.41, 5.74) is 1.30. The largest absolute Gasteiger partial charge is 0.465 e. The normalized spacial score (nSPS) is 21.4. The average molecular weight is 278 g/mol. The molecule has 3 heteroatoms. The van der Waals surface area contributed by atoms with Crippen LogP contribution in [0.2, 0.25) is 0 Å². The van der Waals surface area contributed by atoms with Crippen LogP contribution in [0.3, 0.4) is 0 Å². The maximum absolute atomic E-state index is 5.94. The summed E-state index contributed by atoms with van der Waals surface area (Å²) >= 11 is 0. The van der Waals surface area contributed by atoms with Crippen molar-refractivity contribution < 1.29 is 4.42 Å². The van der Waals surface area contributed by atoms with Gasteiger partial charge in [-0.15, -0.1) is 0 Å². The van der Waals surface area contributed by atoms with Gasteiger partial charge in [-0.3, -0.25) is 4.90 Å². The molecule has 0 aromatic carbocycles. The van der Waals surface area contributed by atoms with Crippen molar-refractivity contribution in [3.63, 3.8) is 0 Å². The molecule has 20 heavy (non-hydrogen) atoms. The first-order valence-corrected chi connectivity index (χ1v) is 8.08. The molecule has 0 aliphatic carbocycles. The van der Waals surface area contributed by atoms with Crippen LogP contribution in [-0.2, 0) is 13.1 Å². The summed E-state index contributed by atoms with van der Waals surface area (Å²) in [5.74, 6) is 3.07. The van der Waals surface area contributed by atoms with E-state index in [-0.39, 0.29) is 0 Å². The highest BCUT2D eigenvalue weighted by molar-refractivity contribution is 5.20. The monoisotopic (exact) mass is 278 g/mol. The number of rotatable bonds is 5. The van der Waals surface area contributed by atoms with Gasteiger partial charge in [0, 0.05) is 18.2 Å². The van der Waals surface area contributed by atoms with E-state index in [1.165, 1.54) is 37.9 Å². The van der Waals surface area contributed by atoms with Gasteiger partial charge >= 0.3 is 0 Å². The molecular weight excluding hydrogens is 248 g/mol. The molecule has 1 aromatic heterocycles. The third-order valence-electron chi connectivity index (χ3n) is 4.26. The number of likely N-dealkylation sites (tertiary alicyclic amines) is 1. The van der Waals surface area contributed by atoms with Crippen molar-refractivity contribution in [2.45, 2.75) is 66.1 Å². The second-order valence-electron chi connectivity index (χ2n) is 6.64. The highest BCUT2D eigenvalue weighted by Crippen LogP contribution is 2.20. The Balaban J connectivity index is 1.90. The minimum Gasteiger partial charge on any atom is -0.465 e. The van der Waals surface area contributed by atoms with Crippen molar-refractivity contribution >= 4 is 0 Å². The lowest BCUT2D eigenvalue weighted by Gasteiger charge is -2.18. The van der Waals surface area contributed by atoms with Gasteiger partial charge in [0.25, 0.3) is 0 Å². The summed E-state index contributed by atoms with van der Waals surface area (Å²) < 4.78 is 5.94. The zero-order chi connectivity index (χ0) is 14.5. The molecule has 1 saturated heterocycles. The number of aryl methyl sites for hydroxylation is 1. The predicted octanol–water partition coefficient (Wildman–Crippen LogP) is 3.71. The fourth-order valence-electron chi connectivity index (χ4n) is 2.86. The van der Waals surface area contributed by atoms with Crippen molar-refractivity contribution in [3.05, 3.63) is 23.2 Å². The molecule has 1 aliphatic heterocycles. The molecule has 1 fully saturated rings. The third-order valence-corrected chi connectivity index (χ3v) is 4.26. The fourth-order valence-corrected chi connectivity index (χ4v) is 2.86. The molecule has 1 aromatic rings. The SMILES string of the molecule is Cc1oc(CN2CCCC(C)CC2)cc1CNC(C)C. The van der Waals surface area contributed by atoms with E-state index in [4.69, 9.17) is 4.42 Å². The summed E-state index contributed by atoms with van der Waals surface area (Å²) in [6, 6.07) is 2.75. The Morgan fingerprint density at radius 2 is 2.15 bits per heavy atom. The molecule has 2 rings (SSSR count). The lowest BCUT2D eigenvalue weighted by atomic mass is 10.0. The van der Waals surface area contributed by atoms with Crippen LogP contribution in [0.4, 0.5) is 0 Å². The average Bonchev–Trinajstić information content (AvgIpc) is 2.59. The highest BCUT2D eigenvalue weighted by Gasteiger charge is 2.16. The minimum atomic E-state index is 0.514. The van der Waals surface area contributed by atoms with Gasteiger partial charge in [-0.1, -0.05) is 20.8 Å². The number of nitrogens with zero attached hydrogens (tertiary/aromatic N) is 1. The summed E-state index contributed by atoms with van der Waals surface area (Å²) in [6.07, 6.45) is 4.02. The topological polar surface area (TPSA) is 28.4 Å². The number of hydrogen-bond donors (Lipinski definition) is 1. The van der Waals surface area contributed by atoms with Gasteiger partial charge in [-0.2, -0.15) is 0 Å². The smallest absolute Gasteiger partial charge is 0.118 e. The Bertz CT molecular complexity index is 411. The molecular formula is C17H30N2O. The third kappa shape index (κ3) is 4.64. The van der Waals surface area contributed by atoms with Crippen molar-refractivity contribution in [1.29, 1.82) is 0 Å². The summed E-state index contributed by atoms with van der Waals surface area (Å²) in [5, 5.41) is 3.46. The van der Waals surface area contributed by atoms with Gasteiger partial charge in [-0.05, 0) is 51.3 Å². The van der Waals surface area contributed by atoms with Gasteiger partial charge in [0.05, 0.1) is 6.54 Å². The number of hydrogen-bond acceptors (Lipinski definition) is 3. The zero-order valence-electron chi connectivity index (χ0n) is 13.5. The lowest BCUT2D eigenvalue weighted by Crippen LogP contribution is -2.24. The quantitative estimate of drug-likeness (QED) is 0.890. The van der Waals surface area contributed by atoms with Gasteiger partial charge < -0.3 is 9.73 Å². The number of nitrogens with one attached hydrogen (secondary N) is 1. The predicted molar refractivity (Wildman–Crippen MR) is 83.7 cm³/mol. The second-order valence-corrected chi connectivity index (χ2v) is 6.64. The Morgan fingerprint density at radius 1 is 1.35 bits per heavy atom. The minimum absolute atomic E-state index is 0.514. The Morgan fingerprint density at radius 3 is 2.90 bits per heavy atom. The zero-order valence-corrected chi connectivity index (χ0v) is 13.5. The van der Waals surface area contributed by atoms with E-state index >= 15 is 0 Å². The second kappa shape index (κ2) is 7.28. The summed E-state index contributed by atoms with van der Waals surface area (Å²) in [7, 11) is 0. The van der Waals surface area contributed by atoms with Gasteiger partial charge in [-0.25, -0.2) is 0 Å². The van der Waals surface area contributed by atoms with E-state index in [1.54, 1.807) is 0 Å². The first-order valence-electron chi connectivity index (χ1n) is 8.08. The molecule has 0 bridgehead atoms. The maximum atomic E-state index is 5.94. The molecule has 1 N–H and O–H groups in total. The van der Waals surface area contributed by atoms with Crippen molar-refractivity contribution in [2.24, 2.45) is 5.92 Å². The molecule has 1 atom stereocenters. The molecule has 1 aliphatic rings. The van der Waals surface area contributed by atoms with Crippen LogP contribution < -0.4 is 5.32 Å². The van der Waals surface area contributed by atoms with Crippen LogP contribution in [0.25, 0.3) is 0 Å². The highest BCUT2D eigenvalue weighted by atomic mass is 16.3. The van der Waals surface area contributed by atoms with E-state index in [2.05, 4.69) is 44.0 Å².